The quantitative estimate of drug-likeness (QED) is 0.777. The molecule has 0 aliphatic rings. The molecule has 0 fully saturated rings. The standard InChI is InChI=1S/C12H14N4O3S/c1-7-5-9(12(13)17)3-4-10(7)16-20(18,19)11-6-14-15-8(11)2/h3-6,16H,1-2H3,(H2,13,17)(H,14,15). The summed E-state index contributed by atoms with van der Waals surface area (Å²) in [5.74, 6) is -0.562. The Kier molecular flexibility index (Phi) is 3.49. The number of aromatic nitrogens is 2. The van der Waals surface area contributed by atoms with Gasteiger partial charge in [-0.05, 0) is 37.6 Å². The number of primary amides is 1. The Labute approximate surface area is 116 Å². The molecule has 0 atom stereocenters. The van der Waals surface area contributed by atoms with Crippen LogP contribution in [-0.4, -0.2) is 24.5 Å². The second-order valence-electron chi connectivity index (χ2n) is 4.36. The van der Waals surface area contributed by atoms with Gasteiger partial charge in [0.15, 0.2) is 0 Å². The van der Waals surface area contributed by atoms with E-state index in [0.717, 1.165) is 0 Å². The fourth-order valence-corrected chi connectivity index (χ4v) is 3.01. The summed E-state index contributed by atoms with van der Waals surface area (Å²) in [5, 5.41) is 6.25. The van der Waals surface area contributed by atoms with Gasteiger partial charge in [-0.15, -0.1) is 0 Å². The topological polar surface area (TPSA) is 118 Å². The van der Waals surface area contributed by atoms with E-state index in [4.69, 9.17) is 5.73 Å². The van der Waals surface area contributed by atoms with Crippen LogP contribution in [0.15, 0.2) is 29.3 Å². The Balaban J connectivity index is 2.36. The lowest BCUT2D eigenvalue weighted by Gasteiger charge is -2.10. The zero-order chi connectivity index (χ0) is 14.9. The van der Waals surface area contributed by atoms with Gasteiger partial charge in [-0.3, -0.25) is 14.6 Å². The van der Waals surface area contributed by atoms with Crippen LogP contribution >= 0.6 is 0 Å². The maximum atomic E-state index is 12.2. The van der Waals surface area contributed by atoms with Gasteiger partial charge < -0.3 is 5.73 Å². The molecule has 0 radical (unpaired) electrons. The lowest BCUT2D eigenvalue weighted by Crippen LogP contribution is -2.15. The number of nitrogens with two attached hydrogens (primary N) is 1. The molecule has 0 spiro atoms. The van der Waals surface area contributed by atoms with Crippen molar-refractivity contribution in [2.75, 3.05) is 4.72 Å². The number of nitrogens with one attached hydrogen (secondary N) is 2. The second-order valence-corrected chi connectivity index (χ2v) is 6.01. The third-order valence-electron chi connectivity index (χ3n) is 2.83. The molecule has 2 rings (SSSR count). The van der Waals surface area contributed by atoms with Gasteiger partial charge in [-0.25, -0.2) is 8.42 Å². The largest absolute Gasteiger partial charge is 0.366 e. The SMILES string of the molecule is Cc1cc(C(N)=O)ccc1NS(=O)(=O)c1cn[nH]c1C. The number of H-pyrrole nitrogens is 1. The number of anilines is 1. The highest BCUT2D eigenvalue weighted by Crippen LogP contribution is 2.21. The van der Waals surface area contributed by atoms with Crippen LogP contribution in [0, 0.1) is 13.8 Å². The summed E-state index contributed by atoms with van der Waals surface area (Å²) in [6.45, 7) is 3.30. The van der Waals surface area contributed by atoms with E-state index in [-0.39, 0.29) is 4.90 Å². The number of sulfonamides is 1. The zero-order valence-corrected chi connectivity index (χ0v) is 11.8. The number of nitrogens with zero attached hydrogens (tertiary/aromatic N) is 1. The molecule has 7 nitrogen and oxygen atoms in total. The van der Waals surface area contributed by atoms with Crippen LogP contribution in [0.3, 0.4) is 0 Å². The fraction of sp³-hybridized carbons (Fsp3) is 0.167. The first-order valence-electron chi connectivity index (χ1n) is 5.74. The average Bonchev–Trinajstić information content (AvgIpc) is 2.78. The third-order valence-corrected chi connectivity index (χ3v) is 4.31. The molecule has 20 heavy (non-hydrogen) atoms. The summed E-state index contributed by atoms with van der Waals surface area (Å²) in [4.78, 5) is 11.1. The lowest BCUT2D eigenvalue weighted by atomic mass is 10.1. The molecule has 0 aliphatic carbocycles. The number of hydrogen-bond acceptors (Lipinski definition) is 4. The van der Waals surface area contributed by atoms with Gasteiger partial charge in [0, 0.05) is 5.56 Å². The van der Waals surface area contributed by atoms with Crippen molar-refractivity contribution in [3.8, 4) is 0 Å². The maximum absolute atomic E-state index is 12.2. The van der Waals surface area contributed by atoms with Gasteiger partial charge in [-0.1, -0.05) is 0 Å². The van der Waals surface area contributed by atoms with E-state index >= 15 is 0 Å². The molecule has 0 aliphatic heterocycles. The number of aryl methyl sites for hydroxylation is 2. The molecule has 0 saturated carbocycles. The summed E-state index contributed by atoms with van der Waals surface area (Å²) >= 11 is 0. The Morgan fingerprint density at radius 1 is 1.35 bits per heavy atom. The minimum absolute atomic E-state index is 0.0795. The number of rotatable bonds is 4. The molecule has 106 valence electrons. The average molecular weight is 294 g/mol. The molecule has 1 aromatic heterocycles. The van der Waals surface area contributed by atoms with Crippen LogP contribution in [0.25, 0.3) is 0 Å². The molecule has 4 N–H and O–H groups in total. The minimum atomic E-state index is -3.72. The number of benzene rings is 1. The van der Waals surface area contributed by atoms with Gasteiger partial charge in [-0.2, -0.15) is 5.10 Å². The fourth-order valence-electron chi connectivity index (χ4n) is 1.74. The summed E-state index contributed by atoms with van der Waals surface area (Å²) in [6, 6.07) is 4.50. The maximum Gasteiger partial charge on any atom is 0.265 e. The van der Waals surface area contributed by atoms with Crippen LogP contribution < -0.4 is 10.5 Å². The molecule has 0 bridgehead atoms. The van der Waals surface area contributed by atoms with Crippen molar-refractivity contribution in [3.63, 3.8) is 0 Å². The Morgan fingerprint density at radius 3 is 2.55 bits per heavy atom. The van der Waals surface area contributed by atoms with E-state index in [1.165, 1.54) is 24.4 Å². The van der Waals surface area contributed by atoms with Crippen LogP contribution in [0.2, 0.25) is 0 Å². The summed E-state index contributed by atoms with van der Waals surface area (Å²) < 4.78 is 26.8. The highest BCUT2D eigenvalue weighted by atomic mass is 32.2. The number of hydrogen-bond donors (Lipinski definition) is 3. The molecule has 1 aromatic carbocycles. The first-order valence-corrected chi connectivity index (χ1v) is 7.23. The van der Waals surface area contributed by atoms with Crippen molar-refractivity contribution in [2.24, 2.45) is 5.73 Å². The smallest absolute Gasteiger partial charge is 0.265 e. The third kappa shape index (κ3) is 2.64. The van der Waals surface area contributed by atoms with Gasteiger partial charge >= 0.3 is 0 Å². The predicted octanol–water partition coefficient (Wildman–Crippen LogP) is 0.926. The first-order chi connectivity index (χ1) is 9.31. The van der Waals surface area contributed by atoms with Crippen molar-refractivity contribution < 1.29 is 13.2 Å². The van der Waals surface area contributed by atoms with Crippen molar-refractivity contribution >= 4 is 21.6 Å². The van der Waals surface area contributed by atoms with Crippen LogP contribution in [0.4, 0.5) is 5.69 Å². The Morgan fingerprint density at radius 2 is 2.05 bits per heavy atom. The summed E-state index contributed by atoms with van der Waals surface area (Å²) in [7, 11) is -3.72. The molecule has 2 aromatic rings. The normalized spacial score (nSPS) is 11.3. The predicted molar refractivity (Wildman–Crippen MR) is 73.8 cm³/mol. The molecule has 8 heteroatoms. The minimum Gasteiger partial charge on any atom is -0.366 e. The first kappa shape index (κ1) is 14.1. The van der Waals surface area contributed by atoms with Crippen LogP contribution in [-0.2, 0) is 10.0 Å². The molecular weight excluding hydrogens is 280 g/mol. The monoisotopic (exact) mass is 294 g/mol. The van der Waals surface area contributed by atoms with Crippen molar-refractivity contribution in [1.82, 2.24) is 10.2 Å². The number of amides is 1. The Bertz CT molecular complexity index is 765. The molecule has 0 unspecified atom stereocenters. The lowest BCUT2D eigenvalue weighted by molar-refractivity contribution is 0.1000. The number of carbonyl (C=O) groups excluding carboxylic acids is 1. The zero-order valence-electron chi connectivity index (χ0n) is 11.0. The molecule has 1 heterocycles. The van der Waals surface area contributed by atoms with E-state index in [2.05, 4.69) is 14.9 Å². The Hall–Kier alpha value is -2.35. The summed E-state index contributed by atoms with van der Waals surface area (Å²) in [6.07, 6.45) is 1.24. The molecular formula is C12H14N4O3S. The molecule has 1 amide bonds. The van der Waals surface area contributed by atoms with Crippen LogP contribution in [0.5, 0.6) is 0 Å². The molecule has 0 saturated heterocycles. The highest BCUT2D eigenvalue weighted by Gasteiger charge is 2.19. The van der Waals surface area contributed by atoms with Gasteiger partial charge in [0.25, 0.3) is 10.0 Å². The number of carbonyl (C=O) groups is 1. The van der Waals surface area contributed by atoms with Crippen molar-refractivity contribution in [3.05, 3.63) is 41.2 Å². The van der Waals surface area contributed by atoms with Crippen molar-refractivity contribution in [2.45, 2.75) is 18.7 Å². The van der Waals surface area contributed by atoms with E-state index in [0.29, 0.717) is 22.5 Å². The van der Waals surface area contributed by atoms with E-state index in [1.54, 1.807) is 13.8 Å². The van der Waals surface area contributed by atoms with E-state index in [9.17, 15) is 13.2 Å². The van der Waals surface area contributed by atoms with Gasteiger partial charge in [0.2, 0.25) is 5.91 Å². The summed E-state index contributed by atoms with van der Waals surface area (Å²) in [5.41, 5.74) is 6.93. The van der Waals surface area contributed by atoms with Gasteiger partial charge in [0.05, 0.1) is 17.6 Å². The second kappa shape index (κ2) is 4.97. The van der Waals surface area contributed by atoms with Crippen molar-refractivity contribution in [1.29, 1.82) is 0 Å². The number of aromatic amines is 1. The van der Waals surface area contributed by atoms with E-state index in [1.807, 2.05) is 0 Å². The van der Waals surface area contributed by atoms with E-state index < -0.39 is 15.9 Å². The van der Waals surface area contributed by atoms with Crippen LogP contribution in [0.1, 0.15) is 21.6 Å². The highest BCUT2D eigenvalue weighted by molar-refractivity contribution is 7.92. The van der Waals surface area contributed by atoms with Gasteiger partial charge in [0.1, 0.15) is 4.90 Å².